The van der Waals surface area contributed by atoms with Gasteiger partial charge in [0.1, 0.15) is 5.76 Å². The van der Waals surface area contributed by atoms with Crippen molar-refractivity contribution in [2.45, 2.75) is 6.04 Å². The molecule has 2 heterocycles. The van der Waals surface area contributed by atoms with Crippen LogP contribution in [0.25, 0.3) is 5.76 Å². The van der Waals surface area contributed by atoms with Gasteiger partial charge in [-0.15, -0.1) is 0 Å². The highest BCUT2D eigenvalue weighted by Gasteiger charge is 2.48. The van der Waals surface area contributed by atoms with E-state index in [0.29, 0.717) is 16.1 Å². The number of rotatable bonds is 3. The molecule has 0 unspecified atom stereocenters. The fourth-order valence-electron chi connectivity index (χ4n) is 3.17. The van der Waals surface area contributed by atoms with Crippen LogP contribution >= 0.6 is 11.6 Å². The second-order valence-electron chi connectivity index (χ2n) is 6.14. The third kappa shape index (κ3) is 3.04. The summed E-state index contributed by atoms with van der Waals surface area (Å²) >= 11 is 5.91. The molecule has 1 aromatic heterocycles. The molecule has 1 saturated heterocycles. The van der Waals surface area contributed by atoms with Gasteiger partial charge in [-0.3, -0.25) is 14.5 Å². The maximum absolute atomic E-state index is 12.9. The lowest BCUT2D eigenvalue weighted by Crippen LogP contribution is -2.31. The molecule has 138 valence electrons. The Balaban J connectivity index is 1.94. The van der Waals surface area contributed by atoms with Crippen LogP contribution in [0.15, 0.2) is 78.6 Å². The molecule has 1 aliphatic rings. The highest BCUT2D eigenvalue weighted by Crippen LogP contribution is 2.40. The number of benzene rings is 2. The quantitative estimate of drug-likeness (QED) is 0.417. The number of aliphatic hydroxyl groups is 1. The molecule has 2 aromatic carbocycles. The van der Waals surface area contributed by atoms with Gasteiger partial charge in [0.2, 0.25) is 5.95 Å². The van der Waals surface area contributed by atoms with Crippen LogP contribution in [0.2, 0.25) is 5.02 Å². The first-order valence-electron chi connectivity index (χ1n) is 8.47. The number of aliphatic hydroxyl groups excluding tert-OH is 1. The molecule has 0 bridgehead atoms. The minimum Gasteiger partial charge on any atom is -0.507 e. The summed E-state index contributed by atoms with van der Waals surface area (Å²) in [5.41, 5.74) is 1.02. The Hall–Kier alpha value is -3.51. The van der Waals surface area contributed by atoms with Gasteiger partial charge < -0.3 is 5.11 Å². The summed E-state index contributed by atoms with van der Waals surface area (Å²) in [6.45, 7) is 0. The van der Waals surface area contributed by atoms with Crippen molar-refractivity contribution in [1.29, 1.82) is 0 Å². The maximum atomic E-state index is 12.9. The molecule has 1 aliphatic heterocycles. The normalized spacial score (nSPS) is 18.5. The van der Waals surface area contributed by atoms with Gasteiger partial charge in [-0.2, -0.15) is 0 Å². The Kier molecular flexibility index (Phi) is 4.63. The Morgan fingerprint density at radius 1 is 0.929 bits per heavy atom. The standard InChI is InChI=1S/C21H14ClN3O3/c22-15-9-7-14(8-10-15)18(26)16-17(13-5-2-1-3-6-13)25(20(28)19(16)27)21-23-11-4-12-24-21/h1-12,17,26H/t17-/m0/s1. The Morgan fingerprint density at radius 3 is 2.21 bits per heavy atom. The number of ketones is 1. The van der Waals surface area contributed by atoms with Crippen molar-refractivity contribution in [1.82, 2.24) is 9.97 Å². The first-order valence-corrected chi connectivity index (χ1v) is 8.84. The van der Waals surface area contributed by atoms with Crippen molar-refractivity contribution in [3.63, 3.8) is 0 Å². The van der Waals surface area contributed by atoms with Gasteiger partial charge in [-0.1, -0.05) is 41.9 Å². The minimum atomic E-state index is -0.848. The molecule has 0 radical (unpaired) electrons. The molecule has 4 rings (SSSR count). The Labute approximate surface area is 165 Å². The lowest BCUT2D eigenvalue weighted by molar-refractivity contribution is -0.132. The molecule has 1 fully saturated rings. The van der Waals surface area contributed by atoms with Crippen LogP contribution in [0.4, 0.5) is 5.95 Å². The van der Waals surface area contributed by atoms with Crippen LogP contribution in [-0.4, -0.2) is 26.8 Å². The van der Waals surface area contributed by atoms with E-state index >= 15 is 0 Å². The van der Waals surface area contributed by atoms with Crippen molar-refractivity contribution in [3.05, 3.63) is 94.8 Å². The summed E-state index contributed by atoms with van der Waals surface area (Å²) in [7, 11) is 0. The fraction of sp³-hybridized carbons (Fsp3) is 0.0476. The lowest BCUT2D eigenvalue weighted by atomic mass is 9.95. The zero-order valence-electron chi connectivity index (χ0n) is 14.5. The van der Waals surface area contributed by atoms with Gasteiger partial charge in [0.15, 0.2) is 0 Å². The lowest BCUT2D eigenvalue weighted by Gasteiger charge is -2.23. The van der Waals surface area contributed by atoms with Gasteiger partial charge in [-0.05, 0) is 35.9 Å². The van der Waals surface area contributed by atoms with Crippen LogP contribution in [0.3, 0.4) is 0 Å². The van der Waals surface area contributed by atoms with Crippen molar-refractivity contribution >= 4 is 35.0 Å². The molecule has 0 saturated carbocycles. The Bertz CT molecular complexity index is 1070. The van der Waals surface area contributed by atoms with Gasteiger partial charge in [0.25, 0.3) is 5.78 Å². The number of Topliss-reactive ketones (excluding diaryl/α,β-unsaturated/α-hetero) is 1. The largest absolute Gasteiger partial charge is 0.507 e. The summed E-state index contributed by atoms with van der Waals surface area (Å²) in [4.78, 5) is 35.1. The minimum absolute atomic E-state index is 0.0222. The molecular formula is C21H14ClN3O3. The highest BCUT2D eigenvalue weighted by atomic mass is 35.5. The van der Waals surface area contributed by atoms with Crippen LogP contribution in [-0.2, 0) is 9.59 Å². The van der Waals surface area contributed by atoms with E-state index in [1.165, 1.54) is 17.3 Å². The molecule has 1 atom stereocenters. The SMILES string of the molecule is O=C1C(=O)N(c2ncccn2)[C@@H](c2ccccc2)C1=C(O)c1ccc(Cl)cc1. The Morgan fingerprint density at radius 2 is 1.57 bits per heavy atom. The van der Waals surface area contributed by atoms with Gasteiger partial charge in [0.05, 0.1) is 11.6 Å². The number of anilines is 1. The predicted octanol–water partition coefficient (Wildman–Crippen LogP) is 3.76. The zero-order chi connectivity index (χ0) is 19.7. The number of carbonyl (C=O) groups is 2. The third-order valence-corrected chi connectivity index (χ3v) is 4.70. The molecule has 3 aromatic rings. The van der Waals surface area contributed by atoms with E-state index in [1.54, 1.807) is 54.6 Å². The van der Waals surface area contributed by atoms with Gasteiger partial charge in [-0.25, -0.2) is 9.97 Å². The molecule has 1 N–H and O–H groups in total. The third-order valence-electron chi connectivity index (χ3n) is 4.45. The highest BCUT2D eigenvalue weighted by molar-refractivity contribution is 6.51. The topological polar surface area (TPSA) is 83.4 Å². The predicted molar refractivity (Wildman–Crippen MR) is 105 cm³/mol. The molecule has 7 heteroatoms. The average molecular weight is 392 g/mol. The summed E-state index contributed by atoms with van der Waals surface area (Å²) in [6, 6.07) is 16.1. The smallest absolute Gasteiger partial charge is 0.302 e. The van der Waals surface area contributed by atoms with Crippen molar-refractivity contribution in [2.75, 3.05) is 4.90 Å². The molecular weight excluding hydrogens is 378 g/mol. The number of nitrogens with zero attached hydrogens (tertiary/aromatic N) is 3. The first kappa shape index (κ1) is 17.9. The van der Waals surface area contributed by atoms with E-state index in [4.69, 9.17) is 11.6 Å². The first-order chi connectivity index (χ1) is 13.6. The number of halogens is 1. The number of aromatic nitrogens is 2. The molecule has 28 heavy (non-hydrogen) atoms. The number of hydrogen-bond donors (Lipinski definition) is 1. The molecule has 6 nitrogen and oxygen atoms in total. The summed E-state index contributed by atoms with van der Waals surface area (Å²) < 4.78 is 0. The zero-order valence-corrected chi connectivity index (χ0v) is 15.2. The van der Waals surface area contributed by atoms with Gasteiger partial charge in [0, 0.05) is 23.0 Å². The van der Waals surface area contributed by atoms with Crippen LogP contribution in [0, 0.1) is 0 Å². The number of hydrogen-bond acceptors (Lipinski definition) is 5. The van der Waals surface area contributed by atoms with E-state index in [9.17, 15) is 14.7 Å². The van der Waals surface area contributed by atoms with Crippen molar-refractivity contribution in [2.24, 2.45) is 0 Å². The maximum Gasteiger partial charge on any atom is 0.302 e. The number of carbonyl (C=O) groups excluding carboxylic acids is 2. The van der Waals surface area contributed by atoms with E-state index in [-0.39, 0.29) is 17.3 Å². The monoisotopic (exact) mass is 391 g/mol. The summed E-state index contributed by atoms with van der Waals surface area (Å²) in [6.07, 6.45) is 2.98. The van der Waals surface area contributed by atoms with Crippen molar-refractivity contribution < 1.29 is 14.7 Å². The average Bonchev–Trinajstić information content (AvgIpc) is 3.00. The van der Waals surface area contributed by atoms with E-state index in [1.807, 2.05) is 6.07 Å². The van der Waals surface area contributed by atoms with E-state index < -0.39 is 17.7 Å². The molecule has 0 spiro atoms. The second kappa shape index (κ2) is 7.25. The summed E-state index contributed by atoms with van der Waals surface area (Å²) in [5, 5.41) is 11.4. The van der Waals surface area contributed by atoms with Crippen LogP contribution in [0.1, 0.15) is 17.2 Å². The van der Waals surface area contributed by atoms with Crippen LogP contribution in [0.5, 0.6) is 0 Å². The van der Waals surface area contributed by atoms with Crippen molar-refractivity contribution in [3.8, 4) is 0 Å². The molecule has 0 aliphatic carbocycles. The van der Waals surface area contributed by atoms with Gasteiger partial charge >= 0.3 is 5.91 Å². The van der Waals surface area contributed by atoms with E-state index in [2.05, 4.69) is 9.97 Å². The fourth-order valence-corrected chi connectivity index (χ4v) is 3.29. The molecule has 1 amide bonds. The number of amides is 1. The van der Waals surface area contributed by atoms with E-state index in [0.717, 1.165) is 0 Å². The second-order valence-corrected chi connectivity index (χ2v) is 6.57. The van der Waals surface area contributed by atoms with Crippen LogP contribution < -0.4 is 4.90 Å². The summed E-state index contributed by atoms with van der Waals surface area (Å²) in [5.74, 6) is -1.78.